The first-order valence-electron chi connectivity index (χ1n) is 6.66. The lowest BCUT2D eigenvalue weighted by Gasteiger charge is -2.41. The molecule has 1 aromatic heterocycles. The van der Waals surface area contributed by atoms with Gasteiger partial charge in [0.15, 0.2) is 0 Å². The minimum absolute atomic E-state index is 0.0245. The third-order valence-corrected chi connectivity index (χ3v) is 4.00. The SMILES string of the molecule is NC1CC(C(=O)O)(c2cnn(Cc3ccccc3)c2)C1. The molecule has 3 rings (SSSR count). The van der Waals surface area contributed by atoms with Crippen LogP contribution in [0.3, 0.4) is 0 Å². The lowest BCUT2D eigenvalue weighted by Crippen LogP contribution is -2.54. The van der Waals surface area contributed by atoms with Gasteiger partial charge in [-0.1, -0.05) is 30.3 Å². The Hall–Kier alpha value is -2.14. The Morgan fingerprint density at radius 2 is 2.10 bits per heavy atom. The number of carboxylic acid groups (broad SMARTS) is 1. The van der Waals surface area contributed by atoms with Crippen molar-refractivity contribution in [2.24, 2.45) is 5.73 Å². The Labute approximate surface area is 117 Å². The number of hydrogen-bond donors (Lipinski definition) is 2. The highest BCUT2D eigenvalue weighted by Gasteiger charge is 2.51. The molecule has 0 atom stereocenters. The smallest absolute Gasteiger partial charge is 0.314 e. The van der Waals surface area contributed by atoms with Crippen molar-refractivity contribution >= 4 is 5.97 Å². The van der Waals surface area contributed by atoms with E-state index in [1.165, 1.54) is 0 Å². The molecule has 5 heteroatoms. The van der Waals surface area contributed by atoms with E-state index in [1.54, 1.807) is 10.9 Å². The molecule has 0 amide bonds. The van der Waals surface area contributed by atoms with Crippen molar-refractivity contribution in [2.45, 2.75) is 30.8 Å². The number of rotatable bonds is 4. The molecule has 5 nitrogen and oxygen atoms in total. The van der Waals surface area contributed by atoms with E-state index in [9.17, 15) is 9.90 Å². The maximum atomic E-state index is 11.5. The second kappa shape index (κ2) is 4.76. The number of carbonyl (C=O) groups is 1. The van der Waals surface area contributed by atoms with Gasteiger partial charge in [0.2, 0.25) is 0 Å². The molecule has 0 radical (unpaired) electrons. The summed E-state index contributed by atoms with van der Waals surface area (Å²) in [4.78, 5) is 11.5. The lowest BCUT2D eigenvalue weighted by atomic mass is 9.62. The van der Waals surface area contributed by atoms with Crippen LogP contribution in [0.25, 0.3) is 0 Å². The van der Waals surface area contributed by atoms with Gasteiger partial charge >= 0.3 is 5.97 Å². The number of carboxylic acids is 1. The molecule has 104 valence electrons. The van der Waals surface area contributed by atoms with Crippen LogP contribution in [0.15, 0.2) is 42.7 Å². The summed E-state index contributed by atoms with van der Waals surface area (Å²) >= 11 is 0. The van der Waals surface area contributed by atoms with Gasteiger partial charge in [-0.05, 0) is 18.4 Å². The third-order valence-electron chi connectivity index (χ3n) is 4.00. The van der Waals surface area contributed by atoms with Crippen LogP contribution in [0, 0.1) is 0 Å². The molecule has 3 N–H and O–H groups in total. The Bertz CT molecular complexity index is 615. The molecule has 0 unspecified atom stereocenters. The van der Waals surface area contributed by atoms with Crippen molar-refractivity contribution in [2.75, 3.05) is 0 Å². The fourth-order valence-electron chi connectivity index (χ4n) is 2.84. The minimum Gasteiger partial charge on any atom is -0.481 e. The largest absolute Gasteiger partial charge is 0.481 e. The first kappa shape index (κ1) is 12.9. The summed E-state index contributed by atoms with van der Waals surface area (Å²) in [6, 6.07) is 9.94. The van der Waals surface area contributed by atoms with Crippen LogP contribution in [-0.4, -0.2) is 26.9 Å². The molecule has 1 fully saturated rings. The zero-order valence-electron chi connectivity index (χ0n) is 11.1. The maximum absolute atomic E-state index is 11.5. The number of benzene rings is 1. The molecule has 0 bridgehead atoms. The predicted molar refractivity (Wildman–Crippen MR) is 74.3 cm³/mol. The Balaban J connectivity index is 1.82. The molecule has 0 saturated heterocycles. The van der Waals surface area contributed by atoms with Crippen molar-refractivity contribution in [1.82, 2.24) is 9.78 Å². The Morgan fingerprint density at radius 1 is 1.40 bits per heavy atom. The van der Waals surface area contributed by atoms with E-state index >= 15 is 0 Å². The molecule has 0 aliphatic heterocycles. The summed E-state index contributed by atoms with van der Waals surface area (Å²) in [5, 5.41) is 13.7. The first-order valence-corrected chi connectivity index (χ1v) is 6.66. The second-order valence-electron chi connectivity index (χ2n) is 5.47. The van der Waals surface area contributed by atoms with Crippen molar-refractivity contribution in [1.29, 1.82) is 0 Å². The number of aromatic nitrogens is 2. The number of hydrogen-bond acceptors (Lipinski definition) is 3. The normalized spacial score (nSPS) is 25.1. The van der Waals surface area contributed by atoms with E-state index < -0.39 is 11.4 Å². The minimum atomic E-state index is -0.839. The summed E-state index contributed by atoms with van der Waals surface area (Å²) in [5.74, 6) is -0.807. The highest BCUT2D eigenvalue weighted by molar-refractivity contribution is 5.82. The van der Waals surface area contributed by atoms with Crippen LogP contribution in [-0.2, 0) is 16.8 Å². The standard InChI is InChI=1S/C15H17N3O2/c16-13-6-15(7-13,14(19)20)12-8-17-18(10-12)9-11-4-2-1-3-5-11/h1-5,8,10,13H,6-7,9,16H2,(H,19,20). The van der Waals surface area contributed by atoms with E-state index in [4.69, 9.17) is 5.73 Å². The third kappa shape index (κ3) is 2.10. The van der Waals surface area contributed by atoms with Gasteiger partial charge in [0, 0.05) is 17.8 Å². The topological polar surface area (TPSA) is 81.1 Å². The molecule has 1 aromatic carbocycles. The molecule has 0 spiro atoms. The van der Waals surface area contributed by atoms with Gasteiger partial charge in [-0.15, -0.1) is 0 Å². The highest BCUT2D eigenvalue weighted by Crippen LogP contribution is 2.43. The zero-order valence-corrected chi connectivity index (χ0v) is 11.1. The van der Waals surface area contributed by atoms with Gasteiger partial charge in [0.05, 0.1) is 18.2 Å². The Morgan fingerprint density at radius 3 is 2.70 bits per heavy atom. The van der Waals surface area contributed by atoms with Gasteiger partial charge in [-0.25, -0.2) is 0 Å². The fraction of sp³-hybridized carbons (Fsp3) is 0.333. The molecule has 1 heterocycles. The van der Waals surface area contributed by atoms with Crippen LogP contribution in [0.1, 0.15) is 24.0 Å². The molecule has 20 heavy (non-hydrogen) atoms. The summed E-state index contributed by atoms with van der Waals surface area (Å²) in [6.07, 6.45) is 4.45. The van der Waals surface area contributed by atoms with E-state index in [0.717, 1.165) is 11.1 Å². The van der Waals surface area contributed by atoms with Crippen molar-refractivity contribution < 1.29 is 9.90 Å². The average molecular weight is 271 g/mol. The highest BCUT2D eigenvalue weighted by atomic mass is 16.4. The number of aliphatic carboxylic acids is 1. The quantitative estimate of drug-likeness (QED) is 0.880. The zero-order chi connectivity index (χ0) is 14.2. The van der Waals surface area contributed by atoms with Gasteiger partial charge in [-0.3, -0.25) is 9.48 Å². The fourth-order valence-corrected chi connectivity index (χ4v) is 2.84. The summed E-state index contributed by atoms with van der Waals surface area (Å²) in [7, 11) is 0. The van der Waals surface area contributed by atoms with Crippen molar-refractivity contribution in [3.63, 3.8) is 0 Å². The van der Waals surface area contributed by atoms with E-state index in [1.807, 2.05) is 36.5 Å². The van der Waals surface area contributed by atoms with Crippen LogP contribution in [0.5, 0.6) is 0 Å². The molecule has 1 saturated carbocycles. The summed E-state index contributed by atoms with van der Waals surface area (Å²) < 4.78 is 1.78. The van der Waals surface area contributed by atoms with E-state index in [2.05, 4.69) is 5.10 Å². The van der Waals surface area contributed by atoms with Crippen molar-refractivity contribution in [3.05, 3.63) is 53.9 Å². The lowest BCUT2D eigenvalue weighted by molar-refractivity contribution is -0.148. The summed E-state index contributed by atoms with van der Waals surface area (Å²) in [6.45, 7) is 0.641. The average Bonchev–Trinajstić information content (AvgIpc) is 2.84. The van der Waals surface area contributed by atoms with Crippen molar-refractivity contribution in [3.8, 4) is 0 Å². The van der Waals surface area contributed by atoms with Crippen LogP contribution >= 0.6 is 0 Å². The van der Waals surface area contributed by atoms with Crippen LogP contribution in [0.2, 0.25) is 0 Å². The van der Waals surface area contributed by atoms with Crippen LogP contribution in [0.4, 0.5) is 0 Å². The van der Waals surface area contributed by atoms with Gasteiger partial charge in [0.1, 0.15) is 0 Å². The number of nitrogens with two attached hydrogens (primary N) is 1. The van der Waals surface area contributed by atoms with E-state index in [0.29, 0.717) is 19.4 Å². The maximum Gasteiger partial charge on any atom is 0.314 e. The molecular weight excluding hydrogens is 254 g/mol. The Kier molecular flexibility index (Phi) is 3.06. The molecule has 1 aliphatic carbocycles. The monoisotopic (exact) mass is 271 g/mol. The number of nitrogens with zero attached hydrogens (tertiary/aromatic N) is 2. The summed E-state index contributed by atoms with van der Waals surface area (Å²) in [5.41, 5.74) is 6.82. The van der Waals surface area contributed by atoms with Gasteiger partial charge in [-0.2, -0.15) is 5.10 Å². The van der Waals surface area contributed by atoms with Gasteiger partial charge in [0.25, 0.3) is 0 Å². The molecule has 1 aliphatic rings. The van der Waals surface area contributed by atoms with Gasteiger partial charge < -0.3 is 10.8 Å². The predicted octanol–water partition coefficient (Wildman–Crippen LogP) is 1.37. The van der Waals surface area contributed by atoms with Crippen LogP contribution < -0.4 is 5.73 Å². The molecule has 2 aromatic rings. The van der Waals surface area contributed by atoms with E-state index in [-0.39, 0.29) is 6.04 Å². The molecular formula is C15H17N3O2. The second-order valence-corrected chi connectivity index (χ2v) is 5.47. The first-order chi connectivity index (χ1) is 9.60.